The Kier molecular flexibility index (Phi) is 4.24. The van der Waals surface area contributed by atoms with E-state index in [1.807, 2.05) is 48.5 Å². The lowest BCUT2D eigenvalue weighted by Crippen LogP contribution is -2.27. The van der Waals surface area contributed by atoms with Crippen molar-refractivity contribution in [3.05, 3.63) is 64.3 Å². The second kappa shape index (κ2) is 6.32. The smallest absolute Gasteiger partial charge is 0.228 e. The molecule has 2 aromatic carbocycles. The maximum Gasteiger partial charge on any atom is 0.228 e. The fraction of sp³-hybridized carbons (Fsp3) is 0.176. The largest absolute Gasteiger partial charge is 0.356 e. The molecule has 0 aliphatic carbocycles. The van der Waals surface area contributed by atoms with Crippen LogP contribution in [0.4, 0.5) is 0 Å². The molecule has 0 N–H and O–H groups in total. The van der Waals surface area contributed by atoms with E-state index in [0.717, 1.165) is 15.4 Å². The molecular formula is C17H15BrN2O2. The fourth-order valence-corrected chi connectivity index (χ4v) is 2.56. The van der Waals surface area contributed by atoms with E-state index in [9.17, 15) is 4.79 Å². The highest BCUT2D eigenvalue weighted by molar-refractivity contribution is 9.10. The number of amides is 1. The van der Waals surface area contributed by atoms with Crippen molar-refractivity contribution in [2.75, 3.05) is 7.05 Å². The zero-order valence-corrected chi connectivity index (χ0v) is 13.7. The number of carbonyl (C=O) groups excluding carboxylic acids is 1. The van der Waals surface area contributed by atoms with Crippen LogP contribution in [0.1, 0.15) is 11.3 Å². The van der Waals surface area contributed by atoms with Crippen LogP contribution in [-0.4, -0.2) is 23.0 Å². The van der Waals surface area contributed by atoms with Crippen molar-refractivity contribution in [3.63, 3.8) is 0 Å². The molecule has 1 amide bonds. The van der Waals surface area contributed by atoms with Gasteiger partial charge in [0.2, 0.25) is 5.91 Å². The van der Waals surface area contributed by atoms with Gasteiger partial charge >= 0.3 is 0 Å². The average molecular weight is 359 g/mol. The molecule has 4 nitrogen and oxygen atoms in total. The quantitative estimate of drug-likeness (QED) is 0.712. The topological polar surface area (TPSA) is 46.3 Å². The van der Waals surface area contributed by atoms with Crippen molar-refractivity contribution in [1.82, 2.24) is 10.1 Å². The zero-order chi connectivity index (χ0) is 15.5. The first-order valence-corrected chi connectivity index (χ1v) is 7.74. The van der Waals surface area contributed by atoms with Gasteiger partial charge in [0.15, 0.2) is 5.58 Å². The molecule has 3 rings (SSSR count). The number of hydrogen-bond donors (Lipinski definition) is 0. The van der Waals surface area contributed by atoms with Gasteiger partial charge in [-0.3, -0.25) is 4.79 Å². The van der Waals surface area contributed by atoms with Crippen molar-refractivity contribution in [1.29, 1.82) is 0 Å². The molecule has 0 bridgehead atoms. The molecule has 0 spiro atoms. The van der Waals surface area contributed by atoms with Crippen molar-refractivity contribution >= 4 is 32.8 Å². The van der Waals surface area contributed by atoms with Crippen LogP contribution in [0.2, 0.25) is 0 Å². The van der Waals surface area contributed by atoms with E-state index in [4.69, 9.17) is 4.52 Å². The summed E-state index contributed by atoms with van der Waals surface area (Å²) in [5, 5.41) is 4.90. The summed E-state index contributed by atoms with van der Waals surface area (Å²) in [5.41, 5.74) is 2.48. The summed E-state index contributed by atoms with van der Waals surface area (Å²) < 4.78 is 6.26. The molecule has 3 aromatic rings. The lowest BCUT2D eigenvalue weighted by Gasteiger charge is -2.16. The van der Waals surface area contributed by atoms with Crippen LogP contribution in [0.25, 0.3) is 11.0 Å². The highest BCUT2D eigenvalue weighted by atomic mass is 79.9. The molecule has 0 aliphatic heterocycles. The third-order valence-corrected chi connectivity index (χ3v) is 4.06. The van der Waals surface area contributed by atoms with Gasteiger partial charge in [-0.2, -0.15) is 0 Å². The predicted octanol–water partition coefficient (Wildman–Crippen LogP) is 3.79. The predicted molar refractivity (Wildman–Crippen MR) is 88.3 cm³/mol. The number of hydrogen-bond acceptors (Lipinski definition) is 3. The molecule has 0 fully saturated rings. The first-order chi connectivity index (χ1) is 10.6. The molecule has 22 heavy (non-hydrogen) atoms. The Morgan fingerprint density at radius 3 is 2.68 bits per heavy atom. The Hall–Kier alpha value is -2.14. The minimum atomic E-state index is 0.0157. The molecule has 112 valence electrons. The highest BCUT2D eigenvalue weighted by Gasteiger charge is 2.15. The summed E-state index contributed by atoms with van der Waals surface area (Å²) in [7, 11) is 1.80. The van der Waals surface area contributed by atoms with Crippen molar-refractivity contribution in [2.24, 2.45) is 0 Å². The second-order valence-electron chi connectivity index (χ2n) is 5.18. The van der Waals surface area contributed by atoms with Crippen LogP contribution < -0.4 is 0 Å². The molecule has 0 atom stereocenters. The first kappa shape index (κ1) is 14.8. The van der Waals surface area contributed by atoms with Crippen LogP contribution >= 0.6 is 15.9 Å². The summed E-state index contributed by atoms with van der Waals surface area (Å²) in [4.78, 5) is 14.1. The van der Waals surface area contributed by atoms with E-state index in [0.29, 0.717) is 17.8 Å². The Morgan fingerprint density at radius 1 is 1.18 bits per heavy atom. The molecule has 1 heterocycles. The maximum absolute atomic E-state index is 12.4. The summed E-state index contributed by atoms with van der Waals surface area (Å²) in [6, 6.07) is 15.5. The summed E-state index contributed by atoms with van der Waals surface area (Å²) in [5.74, 6) is 0.0157. The van der Waals surface area contributed by atoms with E-state index in [2.05, 4.69) is 21.1 Å². The minimum Gasteiger partial charge on any atom is -0.356 e. The van der Waals surface area contributed by atoms with E-state index in [1.54, 1.807) is 11.9 Å². The van der Waals surface area contributed by atoms with Crippen molar-refractivity contribution in [3.8, 4) is 0 Å². The number of aromatic nitrogens is 1. The Labute approximate surface area is 136 Å². The van der Waals surface area contributed by atoms with Crippen LogP contribution in [0.5, 0.6) is 0 Å². The molecule has 0 radical (unpaired) electrons. The summed E-state index contributed by atoms with van der Waals surface area (Å²) in [6.45, 7) is 0.571. The molecule has 0 unspecified atom stereocenters. The zero-order valence-electron chi connectivity index (χ0n) is 12.1. The number of halogens is 1. The van der Waals surface area contributed by atoms with Gasteiger partial charge < -0.3 is 9.42 Å². The average Bonchev–Trinajstić information content (AvgIpc) is 2.93. The van der Waals surface area contributed by atoms with Gasteiger partial charge in [-0.1, -0.05) is 45.4 Å². The monoisotopic (exact) mass is 358 g/mol. The van der Waals surface area contributed by atoms with E-state index in [1.165, 1.54) is 0 Å². The standard InChI is InChI=1S/C17H15BrN2O2/c1-20(11-12-6-8-13(18)9-7-12)17(21)10-15-14-4-2-3-5-16(14)22-19-15/h2-9H,10-11H2,1H3. The van der Waals surface area contributed by atoms with Gasteiger partial charge in [0.05, 0.1) is 6.42 Å². The Morgan fingerprint density at radius 2 is 1.91 bits per heavy atom. The van der Waals surface area contributed by atoms with Gasteiger partial charge in [-0.25, -0.2) is 0 Å². The lowest BCUT2D eigenvalue weighted by atomic mass is 10.1. The highest BCUT2D eigenvalue weighted by Crippen LogP contribution is 2.19. The van der Waals surface area contributed by atoms with Crippen molar-refractivity contribution < 1.29 is 9.32 Å². The maximum atomic E-state index is 12.4. The SMILES string of the molecule is CN(Cc1ccc(Br)cc1)C(=O)Cc1noc2ccccc12. The third kappa shape index (κ3) is 3.20. The van der Waals surface area contributed by atoms with Gasteiger partial charge in [-0.15, -0.1) is 0 Å². The second-order valence-corrected chi connectivity index (χ2v) is 6.09. The number of benzene rings is 2. The molecular weight excluding hydrogens is 344 g/mol. The van der Waals surface area contributed by atoms with E-state index >= 15 is 0 Å². The molecule has 0 saturated carbocycles. The lowest BCUT2D eigenvalue weighted by molar-refractivity contribution is -0.129. The molecule has 0 saturated heterocycles. The third-order valence-electron chi connectivity index (χ3n) is 3.53. The molecule has 1 aromatic heterocycles. The molecule has 5 heteroatoms. The number of fused-ring (bicyclic) bond motifs is 1. The normalized spacial score (nSPS) is 10.8. The summed E-state index contributed by atoms with van der Waals surface area (Å²) >= 11 is 3.40. The van der Waals surface area contributed by atoms with Gasteiger partial charge in [0.25, 0.3) is 0 Å². The number of likely N-dealkylation sites (N-methyl/N-ethyl adjacent to an activating group) is 1. The van der Waals surface area contributed by atoms with Crippen LogP contribution in [0.3, 0.4) is 0 Å². The Bertz CT molecular complexity index is 796. The van der Waals surface area contributed by atoms with Crippen LogP contribution in [-0.2, 0) is 17.8 Å². The number of carbonyl (C=O) groups is 1. The number of rotatable bonds is 4. The van der Waals surface area contributed by atoms with Gasteiger partial charge in [-0.05, 0) is 29.8 Å². The van der Waals surface area contributed by atoms with Crippen molar-refractivity contribution in [2.45, 2.75) is 13.0 Å². The molecule has 0 aliphatic rings. The van der Waals surface area contributed by atoms with Gasteiger partial charge in [0, 0.05) is 23.5 Å². The Balaban J connectivity index is 1.69. The first-order valence-electron chi connectivity index (χ1n) is 6.95. The van der Waals surface area contributed by atoms with Gasteiger partial charge in [0.1, 0.15) is 5.69 Å². The number of para-hydroxylation sites is 1. The number of nitrogens with zero attached hydrogens (tertiary/aromatic N) is 2. The van der Waals surface area contributed by atoms with Crippen LogP contribution in [0, 0.1) is 0 Å². The van der Waals surface area contributed by atoms with Crippen LogP contribution in [0.15, 0.2) is 57.5 Å². The fourth-order valence-electron chi connectivity index (χ4n) is 2.30. The van der Waals surface area contributed by atoms with E-state index in [-0.39, 0.29) is 12.3 Å². The van der Waals surface area contributed by atoms with E-state index < -0.39 is 0 Å². The summed E-state index contributed by atoms with van der Waals surface area (Å²) in [6.07, 6.45) is 0.240. The minimum absolute atomic E-state index is 0.0157.